The number of guanidine groups is 1. The van der Waals surface area contributed by atoms with Gasteiger partial charge >= 0.3 is 0 Å². The molecule has 1 aromatic heterocycles. The standard InChI is InChI=1S/C17H21ClN4OS/c1-12-14(18)4-3-5-15(12)22-16(23)6-8-20-17(19-2)21-10-13-7-9-24-11-13/h3-5,7,9,11H,6,8,10H2,1-2H3,(H,22,23)(H2,19,20,21). The summed E-state index contributed by atoms with van der Waals surface area (Å²) >= 11 is 7.71. The molecule has 2 aromatic rings. The lowest BCUT2D eigenvalue weighted by Gasteiger charge is -2.12. The summed E-state index contributed by atoms with van der Waals surface area (Å²) in [7, 11) is 1.71. The zero-order chi connectivity index (χ0) is 17.4. The molecule has 1 aromatic carbocycles. The highest BCUT2D eigenvalue weighted by molar-refractivity contribution is 7.07. The molecular formula is C17H21ClN4OS. The molecule has 2 rings (SSSR count). The van der Waals surface area contributed by atoms with Crippen molar-refractivity contribution in [3.63, 3.8) is 0 Å². The van der Waals surface area contributed by atoms with Gasteiger partial charge < -0.3 is 16.0 Å². The predicted molar refractivity (Wildman–Crippen MR) is 102 cm³/mol. The van der Waals surface area contributed by atoms with Gasteiger partial charge in [-0.1, -0.05) is 17.7 Å². The lowest BCUT2D eigenvalue weighted by molar-refractivity contribution is -0.116. The molecule has 3 N–H and O–H groups in total. The Hall–Kier alpha value is -2.05. The van der Waals surface area contributed by atoms with Crippen LogP contribution < -0.4 is 16.0 Å². The lowest BCUT2D eigenvalue weighted by Crippen LogP contribution is -2.38. The maximum Gasteiger partial charge on any atom is 0.226 e. The van der Waals surface area contributed by atoms with Gasteiger partial charge in [0, 0.05) is 37.3 Å². The minimum Gasteiger partial charge on any atom is -0.356 e. The largest absolute Gasteiger partial charge is 0.356 e. The Morgan fingerprint density at radius 3 is 2.83 bits per heavy atom. The number of aliphatic imine (C=N–C) groups is 1. The number of halogens is 1. The predicted octanol–water partition coefficient (Wildman–Crippen LogP) is 3.40. The van der Waals surface area contributed by atoms with Crippen LogP contribution in [-0.2, 0) is 11.3 Å². The SMILES string of the molecule is CN=C(NCCC(=O)Nc1cccc(Cl)c1C)NCc1ccsc1. The van der Waals surface area contributed by atoms with Crippen molar-refractivity contribution in [3.05, 3.63) is 51.2 Å². The Kier molecular flexibility index (Phi) is 7.08. The van der Waals surface area contributed by atoms with Crippen molar-refractivity contribution in [3.8, 4) is 0 Å². The molecule has 0 spiro atoms. The van der Waals surface area contributed by atoms with E-state index < -0.39 is 0 Å². The molecule has 128 valence electrons. The summed E-state index contributed by atoms with van der Waals surface area (Å²) in [5.41, 5.74) is 2.82. The molecule has 0 fully saturated rings. The molecule has 0 radical (unpaired) electrons. The number of rotatable bonds is 6. The highest BCUT2D eigenvalue weighted by Gasteiger charge is 2.07. The number of anilines is 1. The van der Waals surface area contributed by atoms with E-state index in [0.717, 1.165) is 11.3 Å². The molecule has 0 saturated carbocycles. The van der Waals surface area contributed by atoms with E-state index in [1.54, 1.807) is 24.5 Å². The average molecular weight is 365 g/mol. The summed E-state index contributed by atoms with van der Waals surface area (Å²) in [4.78, 5) is 16.2. The first kappa shape index (κ1) is 18.3. The molecular weight excluding hydrogens is 344 g/mol. The van der Waals surface area contributed by atoms with E-state index >= 15 is 0 Å². The van der Waals surface area contributed by atoms with Crippen molar-refractivity contribution in [2.75, 3.05) is 18.9 Å². The number of benzene rings is 1. The van der Waals surface area contributed by atoms with Crippen LogP contribution in [0.3, 0.4) is 0 Å². The molecule has 0 aliphatic carbocycles. The van der Waals surface area contributed by atoms with Crippen molar-refractivity contribution in [1.29, 1.82) is 0 Å². The van der Waals surface area contributed by atoms with Gasteiger partial charge in [-0.25, -0.2) is 0 Å². The summed E-state index contributed by atoms with van der Waals surface area (Å²) in [6.45, 7) is 3.08. The minimum atomic E-state index is -0.0684. The number of carbonyl (C=O) groups excluding carboxylic acids is 1. The lowest BCUT2D eigenvalue weighted by atomic mass is 10.2. The van der Waals surface area contributed by atoms with Crippen LogP contribution in [0.1, 0.15) is 17.5 Å². The second-order valence-electron chi connectivity index (χ2n) is 5.19. The molecule has 1 amide bonds. The number of amides is 1. The Bertz CT molecular complexity index is 701. The number of nitrogens with zero attached hydrogens (tertiary/aromatic N) is 1. The first-order valence-electron chi connectivity index (χ1n) is 7.60. The van der Waals surface area contributed by atoms with Crippen molar-refractivity contribution in [2.45, 2.75) is 19.9 Å². The fourth-order valence-electron chi connectivity index (χ4n) is 2.05. The molecule has 1 heterocycles. The first-order chi connectivity index (χ1) is 11.6. The molecule has 24 heavy (non-hydrogen) atoms. The van der Waals surface area contributed by atoms with Gasteiger partial charge in [0.1, 0.15) is 0 Å². The van der Waals surface area contributed by atoms with Gasteiger partial charge in [0.2, 0.25) is 5.91 Å². The monoisotopic (exact) mass is 364 g/mol. The van der Waals surface area contributed by atoms with Crippen LogP contribution in [0.4, 0.5) is 5.69 Å². The second-order valence-corrected chi connectivity index (χ2v) is 6.38. The fraction of sp³-hybridized carbons (Fsp3) is 0.294. The second kappa shape index (κ2) is 9.30. The van der Waals surface area contributed by atoms with Gasteiger partial charge in [-0.15, -0.1) is 0 Å². The summed E-state index contributed by atoms with van der Waals surface area (Å²) in [6.07, 6.45) is 0.338. The zero-order valence-corrected chi connectivity index (χ0v) is 15.3. The Balaban J connectivity index is 1.74. The summed E-state index contributed by atoms with van der Waals surface area (Å²) in [6, 6.07) is 7.52. The van der Waals surface area contributed by atoms with Crippen molar-refractivity contribution < 1.29 is 4.79 Å². The summed E-state index contributed by atoms with van der Waals surface area (Å²) in [5, 5.41) is 14.0. The number of thiophene rings is 1. The number of hydrogen-bond donors (Lipinski definition) is 3. The molecule has 0 bridgehead atoms. The van der Waals surface area contributed by atoms with Crippen LogP contribution in [0.5, 0.6) is 0 Å². The van der Waals surface area contributed by atoms with E-state index in [0.29, 0.717) is 30.5 Å². The molecule has 0 saturated heterocycles. The van der Waals surface area contributed by atoms with Crippen LogP contribution in [0, 0.1) is 6.92 Å². The normalized spacial score (nSPS) is 11.2. The highest BCUT2D eigenvalue weighted by Crippen LogP contribution is 2.22. The first-order valence-corrected chi connectivity index (χ1v) is 8.93. The van der Waals surface area contributed by atoms with Gasteiger partial charge in [0.05, 0.1) is 0 Å². The van der Waals surface area contributed by atoms with Crippen molar-refractivity contribution in [2.24, 2.45) is 4.99 Å². The van der Waals surface area contributed by atoms with E-state index in [1.807, 2.05) is 24.4 Å². The van der Waals surface area contributed by atoms with Crippen LogP contribution >= 0.6 is 22.9 Å². The molecule has 5 nitrogen and oxygen atoms in total. The smallest absolute Gasteiger partial charge is 0.226 e. The Labute approximate surface area is 151 Å². The zero-order valence-electron chi connectivity index (χ0n) is 13.7. The van der Waals surface area contributed by atoms with Gasteiger partial charge in [0.15, 0.2) is 5.96 Å². The maximum atomic E-state index is 12.0. The Morgan fingerprint density at radius 2 is 2.12 bits per heavy atom. The Morgan fingerprint density at radius 1 is 1.29 bits per heavy atom. The topological polar surface area (TPSA) is 65.5 Å². The van der Waals surface area contributed by atoms with E-state index in [2.05, 4.69) is 32.4 Å². The number of nitrogens with one attached hydrogen (secondary N) is 3. The fourth-order valence-corrected chi connectivity index (χ4v) is 2.89. The van der Waals surface area contributed by atoms with E-state index in [1.165, 1.54) is 5.56 Å². The quantitative estimate of drug-likeness (QED) is 0.543. The highest BCUT2D eigenvalue weighted by atomic mass is 35.5. The average Bonchev–Trinajstić information content (AvgIpc) is 3.08. The number of carbonyl (C=O) groups is 1. The van der Waals surface area contributed by atoms with Gasteiger partial charge in [-0.2, -0.15) is 11.3 Å². The van der Waals surface area contributed by atoms with Crippen LogP contribution in [0.15, 0.2) is 40.0 Å². The van der Waals surface area contributed by atoms with Crippen molar-refractivity contribution >= 4 is 40.5 Å². The van der Waals surface area contributed by atoms with Crippen LogP contribution in [-0.4, -0.2) is 25.5 Å². The van der Waals surface area contributed by atoms with E-state index in [4.69, 9.17) is 11.6 Å². The third kappa shape index (κ3) is 5.54. The molecule has 0 atom stereocenters. The van der Waals surface area contributed by atoms with E-state index in [9.17, 15) is 4.79 Å². The van der Waals surface area contributed by atoms with Crippen LogP contribution in [0.2, 0.25) is 5.02 Å². The van der Waals surface area contributed by atoms with Gasteiger partial charge in [0.25, 0.3) is 0 Å². The third-order valence-corrected chi connectivity index (χ3v) is 4.59. The van der Waals surface area contributed by atoms with Gasteiger partial charge in [-0.3, -0.25) is 9.79 Å². The maximum absolute atomic E-state index is 12.0. The summed E-state index contributed by atoms with van der Waals surface area (Å²) in [5.74, 6) is 0.606. The molecule has 0 aliphatic rings. The third-order valence-electron chi connectivity index (χ3n) is 3.45. The summed E-state index contributed by atoms with van der Waals surface area (Å²) < 4.78 is 0. The van der Waals surface area contributed by atoms with Gasteiger partial charge in [-0.05, 0) is 47.0 Å². The van der Waals surface area contributed by atoms with Crippen LogP contribution in [0.25, 0.3) is 0 Å². The minimum absolute atomic E-state index is 0.0684. The molecule has 7 heteroatoms. The van der Waals surface area contributed by atoms with Crippen molar-refractivity contribution in [1.82, 2.24) is 10.6 Å². The molecule has 0 aliphatic heterocycles. The van der Waals surface area contributed by atoms with E-state index in [-0.39, 0.29) is 5.91 Å². The molecule has 0 unspecified atom stereocenters. The number of hydrogen-bond acceptors (Lipinski definition) is 3.